The fraction of sp³-hybridized carbons (Fsp3) is 0.417. The minimum atomic E-state index is -1.10. The van der Waals surface area contributed by atoms with Gasteiger partial charge in [-0.15, -0.1) is 0 Å². The molecule has 1 amide bonds. The van der Waals surface area contributed by atoms with Crippen LogP contribution in [0.2, 0.25) is 0 Å². The molecule has 18 heavy (non-hydrogen) atoms. The van der Waals surface area contributed by atoms with Crippen molar-refractivity contribution in [2.45, 2.75) is 26.4 Å². The summed E-state index contributed by atoms with van der Waals surface area (Å²) >= 11 is 3.03. The Kier molecular flexibility index (Phi) is 5.53. The van der Waals surface area contributed by atoms with E-state index in [1.807, 2.05) is 6.92 Å². The number of rotatable bonds is 5. The molecule has 0 aliphatic carbocycles. The summed E-state index contributed by atoms with van der Waals surface area (Å²) in [7, 11) is 0. The Morgan fingerprint density at radius 3 is 2.78 bits per heavy atom. The van der Waals surface area contributed by atoms with E-state index < -0.39 is 17.7 Å². The van der Waals surface area contributed by atoms with E-state index in [0.717, 1.165) is 12.5 Å². The van der Waals surface area contributed by atoms with Crippen molar-refractivity contribution in [1.82, 2.24) is 5.32 Å². The van der Waals surface area contributed by atoms with Crippen LogP contribution in [0.15, 0.2) is 16.6 Å². The smallest absolute Gasteiger partial charge is 0.260 e. The lowest BCUT2D eigenvalue weighted by Gasteiger charge is -2.15. The van der Waals surface area contributed by atoms with Gasteiger partial charge in [0.05, 0.1) is 0 Å². The predicted molar refractivity (Wildman–Crippen MR) is 67.4 cm³/mol. The van der Waals surface area contributed by atoms with Crippen LogP contribution in [0, 0.1) is 11.6 Å². The first kappa shape index (κ1) is 14.9. The van der Waals surface area contributed by atoms with E-state index in [0.29, 0.717) is 11.0 Å². The van der Waals surface area contributed by atoms with E-state index in [2.05, 4.69) is 21.2 Å². The van der Waals surface area contributed by atoms with Gasteiger partial charge < -0.3 is 10.1 Å². The third kappa shape index (κ3) is 3.94. The van der Waals surface area contributed by atoms with E-state index >= 15 is 0 Å². The first-order valence-corrected chi connectivity index (χ1v) is 6.34. The molecule has 0 bridgehead atoms. The fourth-order valence-electron chi connectivity index (χ4n) is 1.25. The van der Waals surface area contributed by atoms with Gasteiger partial charge in [0.2, 0.25) is 5.82 Å². The molecule has 6 heteroatoms. The van der Waals surface area contributed by atoms with Crippen LogP contribution in [0.4, 0.5) is 8.78 Å². The minimum absolute atomic E-state index is 0.291. The molecule has 1 aromatic rings. The number of nitrogens with one attached hydrogen (secondary N) is 1. The van der Waals surface area contributed by atoms with Crippen molar-refractivity contribution in [2.24, 2.45) is 0 Å². The van der Waals surface area contributed by atoms with E-state index in [4.69, 9.17) is 4.74 Å². The third-order valence-corrected chi connectivity index (χ3v) is 2.64. The second-order valence-corrected chi connectivity index (χ2v) is 4.67. The maximum atomic E-state index is 13.4. The molecule has 0 heterocycles. The highest BCUT2D eigenvalue weighted by Crippen LogP contribution is 2.26. The van der Waals surface area contributed by atoms with Gasteiger partial charge >= 0.3 is 0 Å². The number of benzene rings is 1. The van der Waals surface area contributed by atoms with Crippen LogP contribution in [0.1, 0.15) is 20.3 Å². The summed E-state index contributed by atoms with van der Waals surface area (Å²) in [6, 6.07) is 2.27. The van der Waals surface area contributed by atoms with Gasteiger partial charge in [0.1, 0.15) is 0 Å². The summed E-state index contributed by atoms with van der Waals surface area (Å²) in [6.45, 7) is 3.90. The van der Waals surface area contributed by atoms with Crippen LogP contribution >= 0.6 is 15.9 Å². The Labute approximate surface area is 113 Å². The molecule has 0 aliphatic heterocycles. The number of ether oxygens (including phenoxy) is 1. The lowest BCUT2D eigenvalue weighted by atomic mass is 10.3. The Bertz CT molecular complexity index is 440. The first-order chi connectivity index (χ1) is 8.45. The van der Waals surface area contributed by atoms with Gasteiger partial charge in [-0.2, -0.15) is 4.39 Å². The highest BCUT2D eigenvalue weighted by molar-refractivity contribution is 9.10. The number of amides is 1. The topological polar surface area (TPSA) is 38.3 Å². The second-order valence-electron chi connectivity index (χ2n) is 3.75. The number of halogens is 3. The molecule has 0 radical (unpaired) electrons. The largest absolute Gasteiger partial charge is 0.478 e. The summed E-state index contributed by atoms with van der Waals surface area (Å²) < 4.78 is 32.0. The Balaban J connectivity index is 2.75. The predicted octanol–water partition coefficient (Wildman–Crippen LogP) is 3.02. The monoisotopic (exact) mass is 321 g/mol. The number of carbonyl (C=O) groups excluding carboxylic acids is 1. The van der Waals surface area contributed by atoms with Gasteiger partial charge in [0, 0.05) is 11.0 Å². The number of hydrogen-bond acceptors (Lipinski definition) is 2. The Morgan fingerprint density at radius 1 is 1.50 bits per heavy atom. The molecule has 0 aromatic heterocycles. The van der Waals surface area contributed by atoms with Crippen molar-refractivity contribution in [2.75, 3.05) is 6.54 Å². The molecule has 1 atom stereocenters. The summed E-state index contributed by atoms with van der Waals surface area (Å²) in [5.41, 5.74) is 0. The fourth-order valence-corrected chi connectivity index (χ4v) is 1.66. The van der Waals surface area contributed by atoms with E-state index in [-0.39, 0.29) is 11.7 Å². The van der Waals surface area contributed by atoms with Gasteiger partial charge in [-0.05, 0) is 25.5 Å². The van der Waals surface area contributed by atoms with Crippen LogP contribution < -0.4 is 10.1 Å². The van der Waals surface area contributed by atoms with Gasteiger partial charge in [-0.1, -0.05) is 22.9 Å². The van der Waals surface area contributed by atoms with Gasteiger partial charge in [-0.3, -0.25) is 4.79 Å². The Hall–Kier alpha value is -1.17. The third-order valence-electron chi connectivity index (χ3n) is 2.18. The SMILES string of the molecule is CCCNC(=O)C(C)Oc1cc(Br)cc(F)c1F. The van der Waals surface area contributed by atoms with E-state index in [1.54, 1.807) is 0 Å². The van der Waals surface area contributed by atoms with Crippen LogP contribution in [0.3, 0.4) is 0 Å². The van der Waals surface area contributed by atoms with E-state index in [1.165, 1.54) is 13.0 Å². The summed E-state index contributed by atoms with van der Waals surface area (Å²) in [4.78, 5) is 11.5. The molecule has 0 spiro atoms. The summed E-state index contributed by atoms with van der Waals surface area (Å²) in [5.74, 6) is -2.79. The minimum Gasteiger partial charge on any atom is -0.478 e. The molecular formula is C12H14BrF2NO2. The molecule has 3 nitrogen and oxygen atoms in total. The van der Waals surface area contributed by atoms with Gasteiger partial charge in [0.15, 0.2) is 17.7 Å². The maximum absolute atomic E-state index is 13.4. The molecule has 0 fully saturated rings. The first-order valence-electron chi connectivity index (χ1n) is 5.54. The van der Waals surface area contributed by atoms with Crippen LogP contribution in [0.5, 0.6) is 5.75 Å². The van der Waals surface area contributed by atoms with Gasteiger partial charge in [-0.25, -0.2) is 4.39 Å². The van der Waals surface area contributed by atoms with Crippen molar-refractivity contribution < 1.29 is 18.3 Å². The van der Waals surface area contributed by atoms with Gasteiger partial charge in [0.25, 0.3) is 5.91 Å². The van der Waals surface area contributed by atoms with Crippen LogP contribution in [0.25, 0.3) is 0 Å². The molecular weight excluding hydrogens is 308 g/mol. The molecule has 0 saturated heterocycles. The standard InChI is InChI=1S/C12H14BrF2NO2/c1-3-4-16-12(17)7(2)18-10-6-8(13)5-9(14)11(10)15/h5-7H,3-4H2,1-2H3,(H,16,17). The molecule has 0 aliphatic rings. The Morgan fingerprint density at radius 2 is 2.17 bits per heavy atom. The zero-order valence-corrected chi connectivity index (χ0v) is 11.7. The normalized spacial score (nSPS) is 12.1. The van der Waals surface area contributed by atoms with Crippen molar-refractivity contribution in [3.63, 3.8) is 0 Å². The van der Waals surface area contributed by atoms with Crippen molar-refractivity contribution in [3.05, 3.63) is 28.2 Å². The lowest BCUT2D eigenvalue weighted by molar-refractivity contribution is -0.127. The zero-order chi connectivity index (χ0) is 13.7. The second kappa shape index (κ2) is 6.68. The van der Waals surface area contributed by atoms with Crippen molar-refractivity contribution in [1.29, 1.82) is 0 Å². The van der Waals surface area contributed by atoms with Crippen molar-refractivity contribution in [3.8, 4) is 5.75 Å². The van der Waals surface area contributed by atoms with E-state index in [9.17, 15) is 13.6 Å². The quantitative estimate of drug-likeness (QED) is 0.847. The summed E-state index contributed by atoms with van der Waals surface area (Å²) in [5, 5.41) is 2.61. The molecule has 1 aromatic carbocycles. The highest BCUT2D eigenvalue weighted by atomic mass is 79.9. The maximum Gasteiger partial charge on any atom is 0.260 e. The molecule has 1 N–H and O–H groups in total. The number of carbonyl (C=O) groups is 1. The van der Waals surface area contributed by atoms with Crippen LogP contribution in [-0.4, -0.2) is 18.6 Å². The number of hydrogen-bond donors (Lipinski definition) is 1. The summed E-state index contributed by atoms with van der Waals surface area (Å²) in [6.07, 6.45) is -0.0991. The van der Waals surface area contributed by atoms with Crippen LogP contribution in [-0.2, 0) is 4.79 Å². The highest BCUT2D eigenvalue weighted by Gasteiger charge is 2.18. The average molecular weight is 322 g/mol. The van der Waals surface area contributed by atoms with Crippen molar-refractivity contribution >= 4 is 21.8 Å². The average Bonchev–Trinajstić information content (AvgIpc) is 2.32. The molecule has 100 valence electrons. The molecule has 0 saturated carbocycles. The zero-order valence-electron chi connectivity index (χ0n) is 10.1. The lowest BCUT2D eigenvalue weighted by Crippen LogP contribution is -2.36. The molecule has 1 unspecified atom stereocenters. The molecule has 1 rings (SSSR count).